The van der Waals surface area contributed by atoms with Crippen LogP contribution in [0.4, 0.5) is 5.69 Å². The molecule has 3 aliphatic heterocycles. The average Bonchev–Trinajstić information content (AvgIpc) is 3.44. The van der Waals surface area contributed by atoms with E-state index in [9.17, 15) is 14.4 Å². The van der Waals surface area contributed by atoms with Gasteiger partial charge in [-0.25, -0.2) is 4.79 Å². The summed E-state index contributed by atoms with van der Waals surface area (Å²) < 4.78 is 5.83. The van der Waals surface area contributed by atoms with Crippen molar-refractivity contribution in [2.24, 2.45) is 0 Å². The van der Waals surface area contributed by atoms with Gasteiger partial charge in [0.05, 0.1) is 17.5 Å². The maximum absolute atomic E-state index is 13.7. The molecule has 0 N–H and O–H groups in total. The summed E-state index contributed by atoms with van der Waals surface area (Å²) in [7, 11) is 0. The molecule has 35 heavy (non-hydrogen) atoms. The lowest BCUT2D eigenvalue weighted by molar-refractivity contribution is -0.136. The zero-order valence-corrected chi connectivity index (χ0v) is 20.8. The Kier molecular flexibility index (Phi) is 5.82. The lowest BCUT2D eigenvalue weighted by Crippen LogP contribution is -2.48. The summed E-state index contributed by atoms with van der Waals surface area (Å²) in [6, 6.07) is 15.7. The molecule has 3 aliphatic rings. The normalized spacial score (nSPS) is 21.9. The largest absolute Gasteiger partial charge is 0.449 e. The lowest BCUT2D eigenvalue weighted by Gasteiger charge is -2.36. The number of benzene rings is 2. The fraction of sp³-hybridized carbons (Fsp3) is 0.464. The van der Waals surface area contributed by atoms with Gasteiger partial charge in [0, 0.05) is 56.8 Å². The zero-order valence-electron chi connectivity index (χ0n) is 20.8. The van der Waals surface area contributed by atoms with Crippen LogP contribution in [0.1, 0.15) is 55.1 Å². The molecule has 1 spiro atoms. The van der Waals surface area contributed by atoms with E-state index in [1.54, 1.807) is 6.07 Å². The first kappa shape index (κ1) is 23.4. The number of esters is 1. The van der Waals surface area contributed by atoms with E-state index < -0.39 is 11.0 Å². The van der Waals surface area contributed by atoms with Gasteiger partial charge in [-0.05, 0) is 37.6 Å². The Hall–Kier alpha value is -3.35. The molecule has 2 aromatic carbocycles. The molecule has 7 heteroatoms. The van der Waals surface area contributed by atoms with E-state index in [0.29, 0.717) is 31.5 Å². The van der Waals surface area contributed by atoms with Crippen molar-refractivity contribution in [1.82, 2.24) is 9.80 Å². The maximum Gasteiger partial charge on any atom is 0.339 e. The van der Waals surface area contributed by atoms with Crippen LogP contribution in [-0.2, 0) is 25.3 Å². The summed E-state index contributed by atoms with van der Waals surface area (Å²) in [6.45, 7) is 9.86. The average molecular weight is 476 g/mol. The zero-order chi connectivity index (χ0) is 24.8. The maximum atomic E-state index is 13.7. The van der Waals surface area contributed by atoms with Gasteiger partial charge < -0.3 is 19.4 Å². The van der Waals surface area contributed by atoms with E-state index in [0.717, 1.165) is 43.0 Å². The molecule has 1 atom stereocenters. The van der Waals surface area contributed by atoms with Crippen molar-refractivity contribution < 1.29 is 19.1 Å². The summed E-state index contributed by atoms with van der Waals surface area (Å²) in [5.74, 6) is -0.0568. The van der Waals surface area contributed by atoms with Crippen molar-refractivity contribution in [3.8, 4) is 0 Å². The van der Waals surface area contributed by atoms with Gasteiger partial charge in [-0.2, -0.15) is 0 Å². The summed E-state index contributed by atoms with van der Waals surface area (Å²) in [6.07, 6.45) is 1.16. The number of carbonyl (C=O) groups excluding carboxylic acids is 3. The molecule has 2 saturated heterocycles. The molecular formula is C28H33N3O4. The fourth-order valence-corrected chi connectivity index (χ4v) is 5.65. The number of hydrogen-bond acceptors (Lipinski definition) is 5. The summed E-state index contributed by atoms with van der Waals surface area (Å²) in [5, 5.41) is 0. The Morgan fingerprint density at radius 1 is 0.943 bits per heavy atom. The molecule has 3 heterocycles. The van der Waals surface area contributed by atoms with Crippen LogP contribution in [0.3, 0.4) is 0 Å². The van der Waals surface area contributed by atoms with E-state index >= 15 is 0 Å². The second kappa shape index (κ2) is 8.70. The Bertz CT molecular complexity index is 1150. The van der Waals surface area contributed by atoms with E-state index in [2.05, 4.69) is 17.0 Å². The lowest BCUT2D eigenvalue weighted by atomic mass is 9.83. The molecule has 0 saturated carbocycles. The minimum atomic E-state index is -0.732. The van der Waals surface area contributed by atoms with E-state index in [-0.39, 0.29) is 17.8 Å². The van der Waals surface area contributed by atoms with Crippen LogP contribution in [0.25, 0.3) is 0 Å². The SMILES string of the molecule is CCC(=O)N1CCN(c2ccc(C(C)(C)C(=O)N3CC[C@@]4(C3)OC(=O)c3ccccc34)cc2)CC1. The smallest absolute Gasteiger partial charge is 0.339 e. The third kappa shape index (κ3) is 3.97. The minimum absolute atomic E-state index is 0.0363. The molecule has 0 aromatic heterocycles. The number of carbonyl (C=O) groups is 3. The van der Waals surface area contributed by atoms with Crippen LogP contribution in [0, 0.1) is 0 Å². The molecule has 0 radical (unpaired) electrons. The standard InChI is InChI=1S/C28H33N3O4/c1-4-24(32)30-17-15-29(16-18-30)21-11-9-20(10-12-21)27(2,3)26(34)31-14-13-28(19-31)23-8-6-5-7-22(23)25(33)35-28/h5-12H,4,13-19H2,1-3H3/t28-/m0/s1. The molecule has 0 aliphatic carbocycles. The monoisotopic (exact) mass is 475 g/mol. The first-order valence-corrected chi connectivity index (χ1v) is 12.5. The topological polar surface area (TPSA) is 70.2 Å². The highest BCUT2D eigenvalue weighted by Gasteiger charge is 2.52. The van der Waals surface area contributed by atoms with Gasteiger partial charge in [-0.3, -0.25) is 9.59 Å². The Morgan fingerprint density at radius 2 is 1.63 bits per heavy atom. The number of amides is 2. The van der Waals surface area contributed by atoms with Gasteiger partial charge in [-0.1, -0.05) is 37.3 Å². The molecule has 2 aromatic rings. The molecule has 0 bridgehead atoms. The molecule has 5 rings (SSSR count). The van der Waals surface area contributed by atoms with Gasteiger partial charge in [0.15, 0.2) is 5.60 Å². The van der Waals surface area contributed by atoms with Crippen molar-refractivity contribution >= 4 is 23.5 Å². The number of piperazine rings is 1. The van der Waals surface area contributed by atoms with E-state index in [1.807, 2.05) is 60.9 Å². The highest BCUT2D eigenvalue weighted by molar-refractivity contribution is 5.95. The van der Waals surface area contributed by atoms with Crippen LogP contribution < -0.4 is 4.90 Å². The first-order valence-electron chi connectivity index (χ1n) is 12.5. The number of nitrogens with zero attached hydrogens (tertiary/aromatic N) is 3. The highest BCUT2D eigenvalue weighted by atomic mass is 16.6. The molecule has 7 nitrogen and oxygen atoms in total. The van der Waals surface area contributed by atoms with Gasteiger partial charge >= 0.3 is 5.97 Å². The second-order valence-electron chi connectivity index (χ2n) is 10.3. The van der Waals surface area contributed by atoms with Crippen molar-refractivity contribution in [3.05, 3.63) is 65.2 Å². The van der Waals surface area contributed by atoms with Crippen molar-refractivity contribution in [2.75, 3.05) is 44.2 Å². The Labute approximate surface area is 206 Å². The van der Waals surface area contributed by atoms with Crippen LogP contribution in [0.5, 0.6) is 0 Å². The number of ether oxygens (including phenoxy) is 1. The van der Waals surface area contributed by atoms with E-state index in [4.69, 9.17) is 4.74 Å². The second-order valence-corrected chi connectivity index (χ2v) is 10.3. The summed E-state index contributed by atoms with van der Waals surface area (Å²) >= 11 is 0. The van der Waals surface area contributed by atoms with E-state index in [1.165, 1.54) is 0 Å². The van der Waals surface area contributed by atoms with Crippen LogP contribution >= 0.6 is 0 Å². The first-order chi connectivity index (χ1) is 16.7. The van der Waals surface area contributed by atoms with Gasteiger partial charge in [0.1, 0.15) is 0 Å². The third-order valence-electron chi connectivity index (χ3n) is 7.87. The van der Waals surface area contributed by atoms with Crippen molar-refractivity contribution in [2.45, 2.75) is 44.6 Å². The Balaban J connectivity index is 1.27. The Morgan fingerprint density at radius 3 is 2.31 bits per heavy atom. The molecular weight excluding hydrogens is 442 g/mol. The van der Waals surface area contributed by atoms with Crippen molar-refractivity contribution in [3.63, 3.8) is 0 Å². The third-order valence-corrected chi connectivity index (χ3v) is 7.87. The number of likely N-dealkylation sites (tertiary alicyclic amines) is 1. The van der Waals surface area contributed by atoms with Crippen LogP contribution in [0.15, 0.2) is 48.5 Å². The van der Waals surface area contributed by atoms with Gasteiger partial charge in [0.25, 0.3) is 0 Å². The number of fused-ring (bicyclic) bond motifs is 2. The minimum Gasteiger partial charge on any atom is -0.449 e. The predicted octanol–water partition coefficient (Wildman–Crippen LogP) is 3.32. The molecule has 184 valence electrons. The molecule has 0 unspecified atom stereocenters. The van der Waals surface area contributed by atoms with Crippen molar-refractivity contribution in [1.29, 1.82) is 0 Å². The van der Waals surface area contributed by atoms with Gasteiger partial charge in [0.2, 0.25) is 11.8 Å². The number of rotatable bonds is 4. The quantitative estimate of drug-likeness (QED) is 0.635. The van der Waals surface area contributed by atoms with Crippen LogP contribution in [0.2, 0.25) is 0 Å². The predicted molar refractivity (Wildman–Crippen MR) is 133 cm³/mol. The number of anilines is 1. The van der Waals surface area contributed by atoms with Crippen LogP contribution in [-0.4, -0.2) is 66.9 Å². The molecule has 2 fully saturated rings. The highest BCUT2D eigenvalue weighted by Crippen LogP contribution is 2.44. The number of hydrogen-bond donors (Lipinski definition) is 0. The molecule has 2 amide bonds. The summed E-state index contributed by atoms with van der Waals surface area (Å²) in [5.41, 5.74) is 2.12. The summed E-state index contributed by atoms with van der Waals surface area (Å²) in [4.78, 5) is 44.1. The fourth-order valence-electron chi connectivity index (χ4n) is 5.65. The van der Waals surface area contributed by atoms with Gasteiger partial charge in [-0.15, -0.1) is 0 Å².